The molecular weight excluding hydrogens is 229 g/mol. The first kappa shape index (κ1) is 13.1. The Hall–Kier alpha value is -1.38. The molecule has 1 saturated carbocycles. The molecule has 0 aliphatic heterocycles. The maximum atomic E-state index is 12.8. The first-order valence-electron chi connectivity index (χ1n) is 6.56. The van der Waals surface area contributed by atoms with Crippen molar-refractivity contribution in [2.75, 3.05) is 7.05 Å². The van der Waals surface area contributed by atoms with Gasteiger partial charge in [0.2, 0.25) is 5.91 Å². The maximum absolute atomic E-state index is 12.8. The Balaban J connectivity index is 1.98. The van der Waals surface area contributed by atoms with E-state index in [2.05, 4.69) is 13.8 Å². The van der Waals surface area contributed by atoms with E-state index >= 15 is 0 Å². The smallest absolute Gasteiger partial charge is 0.226 e. The van der Waals surface area contributed by atoms with Crippen LogP contribution in [0.1, 0.15) is 38.2 Å². The van der Waals surface area contributed by atoms with Crippen molar-refractivity contribution in [3.63, 3.8) is 0 Å². The third kappa shape index (κ3) is 2.55. The minimum atomic E-state index is -0.223. The number of nitrogens with zero attached hydrogens (tertiary/aromatic N) is 1. The molecule has 1 aliphatic rings. The first-order chi connectivity index (χ1) is 8.54. The standard InChI is InChI=1S/C15H20FNO/c1-4-10(2)17(3)15(18)14-9-13(14)11-5-7-12(16)8-6-11/h5-8,10,13-14H,4,9H2,1-3H3. The van der Waals surface area contributed by atoms with Crippen LogP contribution in [-0.4, -0.2) is 23.9 Å². The zero-order chi connectivity index (χ0) is 13.3. The van der Waals surface area contributed by atoms with Crippen LogP contribution in [0.2, 0.25) is 0 Å². The van der Waals surface area contributed by atoms with E-state index in [0.717, 1.165) is 18.4 Å². The van der Waals surface area contributed by atoms with Crippen molar-refractivity contribution in [1.29, 1.82) is 0 Å². The molecule has 98 valence electrons. The van der Waals surface area contributed by atoms with E-state index in [4.69, 9.17) is 0 Å². The monoisotopic (exact) mass is 249 g/mol. The molecule has 3 atom stereocenters. The summed E-state index contributed by atoms with van der Waals surface area (Å²) >= 11 is 0. The lowest BCUT2D eigenvalue weighted by Crippen LogP contribution is -2.35. The zero-order valence-corrected chi connectivity index (χ0v) is 11.2. The first-order valence-corrected chi connectivity index (χ1v) is 6.56. The van der Waals surface area contributed by atoms with E-state index in [1.54, 1.807) is 12.1 Å². The number of carbonyl (C=O) groups is 1. The van der Waals surface area contributed by atoms with Gasteiger partial charge in [-0.3, -0.25) is 4.79 Å². The third-order valence-electron chi connectivity index (χ3n) is 4.01. The summed E-state index contributed by atoms with van der Waals surface area (Å²) in [4.78, 5) is 14.0. The molecule has 0 spiro atoms. The van der Waals surface area contributed by atoms with Gasteiger partial charge in [-0.2, -0.15) is 0 Å². The van der Waals surface area contributed by atoms with Gasteiger partial charge in [0.15, 0.2) is 0 Å². The van der Waals surface area contributed by atoms with E-state index in [1.807, 2.05) is 11.9 Å². The lowest BCUT2D eigenvalue weighted by atomic mass is 10.1. The van der Waals surface area contributed by atoms with Crippen LogP contribution in [0, 0.1) is 11.7 Å². The van der Waals surface area contributed by atoms with E-state index in [9.17, 15) is 9.18 Å². The molecule has 3 heteroatoms. The molecule has 0 heterocycles. The Morgan fingerprint density at radius 2 is 2.06 bits per heavy atom. The molecule has 2 nitrogen and oxygen atoms in total. The highest BCUT2D eigenvalue weighted by Crippen LogP contribution is 2.48. The second-order valence-corrected chi connectivity index (χ2v) is 5.21. The molecule has 0 saturated heterocycles. The van der Waals surface area contributed by atoms with Crippen LogP contribution in [0.3, 0.4) is 0 Å². The van der Waals surface area contributed by atoms with Gasteiger partial charge in [-0.15, -0.1) is 0 Å². The molecule has 1 fully saturated rings. The average molecular weight is 249 g/mol. The highest BCUT2D eigenvalue weighted by atomic mass is 19.1. The van der Waals surface area contributed by atoms with Crippen molar-refractivity contribution in [2.45, 2.75) is 38.6 Å². The van der Waals surface area contributed by atoms with E-state index in [-0.39, 0.29) is 29.6 Å². The van der Waals surface area contributed by atoms with Crippen LogP contribution in [0.25, 0.3) is 0 Å². The number of halogens is 1. The number of benzene rings is 1. The van der Waals surface area contributed by atoms with Crippen LogP contribution in [0.15, 0.2) is 24.3 Å². The van der Waals surface area contributed by atoms with Gasteiger partial charge in [-0.05, 0) is 43.4 Å². The van der Waals surface area contributed by atoms with Crippen molar-refractivity contribution < 1.29 is 9.18 Å². The van der Waals surface area contributed by atoms with E-state index in [1.165, 1.54) is 12.1 Å². The maximum Gasteiger partial charge on any atom is 0.226 e. The number of rotatable bonds is 4. The van der Waals surface area contributed by atoms with Crippen molar-refractivity contribution in [3.8, 4) is 0 Å². The summed E-state index contributed by atoms with van der Waals surface area (Å²) in [7, 11) is 1.87. The SMILES string of the molecule is CCC(C)N(C)C(=O)C1CC1c1ccc(F)cc1. The molecule has 0 radical (unpaired) electrons. The molecule has 1 amide bonds. The minimum Gasteiger partial charge on any atom is -0.343 e. The number of hydrogen-bond donors (Lipinski definition) is 0. The van der Waals surface area contributed by atoms with Gasteiger partial charge >= 0.3 is 0 Å². The summed E-state index contributed by atoms with van der Waals surface area (Å²) < 4.78 is 12.8. The Labute approximate surface area is 108 Å². The van der Waals surface area contributed by atoms with Crippen molar-refractivity contribution in [1.82, 2.24) is 4.90 Å². The Kier molecular flexibility index (Phi) is 3.69. The lowest BCUT2D eigenvalue weighted by molar-refractivity contribution is -0.133. The second kappa shape index (κ2) is 5.09. The number of amides is 1. The molecule has 1 aromatic carbocycles. The Morgan fingerprint density at radius 1 is 1.44 bits per heavy atom. The van der Waals surface area contributed by atoms with Gasteiger partial charge in [-0.1, -0.05) is 19.1 Å². The second-order valence-electron chi connectivity index (χ2n) is 5.21. The highest BCUT2D eigenvalue weighted by molar-refractivity contribution is 5.83. The van der Waals surface area contributed by atoms with Gasteiger partial charge in [0.05, 0.1) is 0 Å². The fourth-order valence-corrected chi connectivity index (χ4v) is 2.30. The summed E-state index contributed by atoms with van der Waals surface area (Å²) in [6.07, 6.45) is 1.86. The highest BCUT2D eigenvalue weighted by Gasteiger charge is 2.45. The fourth-order valence-electron chi connectivity index (χ4n) is 2.30. The molecule has 1 aliphatic carbocycles. The minimum absolute atomic E-state index is 0.0921. The van der Waals surface area contributed by atoms with E-state index < -0.39 is 0 Å². The Morgan fingerprint density at radius 3 is 2.61 bits per heavy atom. The summed E-state index contributed by atoms with van der Waals surface area (Å²) in [5.41, 5.74) is 1.08. The molecule has 0 bridgehead atoms. The van der Waals surface area contributed by atoms with Crippen LogP contribution in [0.5, 0.6) is 0 Å². The van der Waals surface area contributed by atoms with Gasteiger partial charge in [-0.25, -0.2) is 4.39 Å². The van der Waals surface area contributed by atoms with Crippen molar-refractivity contribution in [3.05, 3.63) is 35.6 Å². The summed E-state index contributed by atoms with van der Waals surface area (Å²) in [6, 6.07) is 6.79. The summed E-state index contributed by atoms with van der Waals surface area (Å²) in [6.45, 7) is 4.14. The van der Waals surface area contributed by atoms with Gasteiger partial charge in [0, 0.05) is 19.0 Å². The van der Waals surface area contributed by atoms with Gasteiger partial charge in [0.1, 0.15) is 5.82 Å². The molecule has 1 aromatic rings. The zero-order valence-electron chi connectivity index (χ0n) is 11.2. The van der Waals surface area contributed by atoms with Crippen molar-refractivity contribution >= 4 is 5.91 Å². The fraction of sp³-hybridized carbons (Fsp3) is 0.533. The predicted octanol–water partition coefficient (Wildman–Crippen LogP) is 3.19. The van der Waals surface area contributed by atoms with Gasteiger partial charge < -0.3 is 4.90 Å². The summed E-state index contributed by atoms with van der Waals surface area (Å²) in [5, 5.41) is 0. The third-order valence-corrected chi connectivity index (χ3v) is 4.01. The van der Waals surface area contributed by atoms with Crippen LogP contribution >= 0.6 is 0 Å². The largest absolute Gasteiger partial charge is 0.343 e. The Bertz CT molecular complexity index is 429. The summed E-state index contributed by atoms with van der Waals surface area (Å²) in [5.74, 6) is 0.372. The molecule has 18 heavy (non-hydrogen) atoms. The lowest BCUT2D eigenvalue weighted by Gasteiger charge is -2.24. The molecule has 0 N–H and O–H groups in total. The topological polar surface area (TPSA) is 20.3 Å². The normalized spacial score (nSPS) is 23.6. The van der Waals surface area contributed by atoms with Crippen LogP contribution in [-0.2, 0) is 4.79 Å². The predicted molar refractivity (Wildman–Crippen MR) is 69.8 cm³/mol. The van der Waals surface area contributed by atoms with Crippen LogP contribution < -0.4 is 0 Å². The quantitative estimate of drug-likeness (QED) is 0.802. The van der Waals surface area contributed by atoms with E-state index in [0.29, 0.717) is 0 Å². The molecule has 2 rings (SSSR count). The van der Waals surface area contributed by atoms with Gasteiger partial charge in [0.25, 0.3) is 0 Å². The molecular formula is C15H20FNO. The molecule has 0 aromatic heterocycles. The van der Waals surface area contributed by atoms with Crippen LogP contribution in [0.4, 0.5) is 4.39 Å². The number of carbonyl (C=O) groups excluding carboxylic acids is 1. The molecule has 3 unspecified atom stereocenters. The average Bonchev–Trinajstić information content (AvgIpc) is 3.17. The van der Waals surface area contributed by atoms with Crippen molar-refractivity contribution in [2.24, 2.45) is 5.92 Å². The number of hydrogen-bond acceptors (Lipinski definition) is 1.